The van der Waals surface area contributed by atoms with Crippen LogP contribution < -0.4 is 14.8 Å². The number of piperazine rings is 1. The van der Waals surface area contributed by atoms with Gasteiger partial charge in [0.05, 0.1) is 6.04 Å². The predicted octanol–water partition coefficient (Wildman–Crippen LogP) is 2.90. The SMILES string of the molecule is O=C(CN1CC(=O)N2[C@H](c3ccc4c(c3)OCO4)c3[nH]c4ccccc4c3C[C@@H]2C1=O)NCc1ccccc1. The van der Waals surface area contributed by atoms with Crippen molar-refractivity contribution in [3.05, 3.63) is 95.2 Å². The van der Waals surface area contributed by atoms with Gasteiger partial charge in [0.2, 0.25) is 24.5 Å². The van der Waals surface area contributed by atoms with Gasteiger partial charge in [0, 0.05) is 29.6 Å². The lowest BCUT2D eigenvalue weighted by Gasteiger charge is -2.46. The standard InChI is InChI=1S/C30H26N4O5/c35-26(31-14-18-6-2-1-3-7-18)15-33-16-27(36)34-23(30(33)37)13-21-20-8-4-5-9-22(20)32-28(21)29(34)19-10-11-24-25(12-19)39-17-38-24/h1-12,23,29,32H,13-17H2,(H,31,35)/t23-,29-/m1/s1. The number of rotatable bonds is 5. The molecule has 0 aliphatic carbocycles. The van der Waals surface area contributed by atoms with E-state index >= 15 is 0 Å². The third-order valence-corrected chi connectivity index (χ3v) is 7.72. The zero-order valence-corrected chi connectivity index (χ0v) is 21.1. The maximum atomic E-state index is 13.8. The van der Waals surface area contributed by atoms with E-state index in [9.17, 15) is 14.4 Å². The molecule has 1 aromatic heterocycles. The Morgan fingerprint density at radius 1 is 0.974 bits per heavy atom. The average Bonchev–Trinajstić information content (AvgIpc) is 3.58. The Bertz CT molecular complexity index is 1610. The predicted molar refractivity (Wildman–Crippen MR) is 142 cm³/mol. The number of aromatic nitrogens is 1. The number of para-hydroxylation sites is 1. The second-order valence-electron chi connectivity index (χ2n) is 10.1. The number of benzene rings is 3. The van der Waals surface area contributed by atoms with Gasteiger partial charge in [-0.2, -0.15) is 0 Å². The first kappa shape index (κ1) is 23.3. The van der Waals surface area contributed by atoms with Gasteiger partial charge in [-0.15, -0.1) is 0 Å². The van der Waals surface area contributed by atoms with Gasteiger partial charge < -0.3 is 29.6 Å². The molecule has 3 aliphatic heterocycles. The molecule has 9 nitrogen and oxygen atoms in total. The molecule has 9 heteroatoms. The normalized spacial score (nSPS) is 19.7. The van der Waals surface area contributed by atoms with Crippen molar-refractivity contribution in [3.8, 4) is 11.5 Å². The van der Waals surface area contributed by atoms with E-state index in [2.05, 4.69) is 10.3 Å². The van der Waals surface area contributed by atoms with Crippen LogP contribution in [-0.2, 0) is 27.3 Å². The summed E-state index contributed by atoms with van der Waals surface area (Å²) in [7, 11) is 0. The van der Waals surface area contributed by atoms with Crippen LogP contribution in [0.2, 0.25) is 0 Å². The summed E-state index contributed by atoms with van der Waals surface area (Å²) in [6, 6.07) is 21.9. The first-order valence-corrected chi connectivity index (χ1v) is 13.0. The van der Waals surface area contributed by atoms with Crippen LogP contribution in [-0.4, -0.2) is 58.4 Å². The summed E-state index contributed by atoms with van der Waals surface area (Å²) >= 11 is 0. The number of ether oxygens (including phenoxy) is 2. The summed E-state index contributed by atoms with van der Waals surface area (Å²) in [5, 5.41) is 3.88. The van der Waals surface area contributed by atoms with Gasteiger partial charge in [0.15, 0.2) is 11.5 Å². The van der Waals surface area contributed by atoms with Crippen molar-refractivity contribution in [2.24, 2.45) is 0 Å². The fourth-order valence-electron chi connectivity index (χ4n) is 5.91. The third kappa shape index (κ3) is 3.98. The highest BCUT2D eigenvalue weighted by molar-refractivity contribution is 5.99. The molecule has 1 saturated heterocycles. The average molecular weight is 523 g/mol. The quantitative estimate of drug-likeness (QED) is 0.420. The van der Waals surface area contributed by atoms with Crippen LogP contribution in [0.5, 0.6) is 11.5 Å². The number of amides is 3. The summed E-state index contributed by atoms with van der Waals surface area (Å²) in [5.41, 5.74) is 4.63. The molecule has 3 aliphatic rings. The molecule has 1 fully saturated rings. The molecule has 3 amide bonds. The smallest absolute Gasteiger partial charge is 0.246 e. The summed E-state index contributed by atoms with van der Waals surface area (Å²) in [6.07, 6.45) is 0.368. The fourth-order valence-corrected chi connectivity index (χ4v) is 5.91. The Morgan fingerprint density at radius 2 is 1.77 bits per heavy atom. The molecule has 0 bridgehead atoms. The minimum Gasteiger partial charge on any atom is -0.454 e. The van der Waals surface area contributed by atoms with Crippen molar-refractivity contribution in [2.45, 2.75) is 25.0 Å². The van der Waals surface area contributed by atoms with Crippen molar-refractivity contribution in [2.75, 3.05) is 19.9 Å². The second-order valence-corrected chi connectivity index (χ2v) is 10.1. The van der Waals surface area contributed by atoms with Gasteiger partial charge in [-0.3, -0.25) is 14.4 Å². The zero-order valence-electron chi connectivity index (χ0n) is 21.1. The molecule has 0 unspecified atom stereocenters. The summed E-state index contributed by atoms with van der Waals surface area (Å²) in [4.78, 5) is 46.9. The lowest BCUT2D eigenvalue weighted by atomic mass is 9.86. The largest absolute Gasteiger partial charge is 0.454 e. The molecular formula is C30H26N4O5. The maximum Gasteiger partial charge on any atom is 0.246 e. The van der Waals surface area contributed by atoms with Gasteiger partial charge in [0.1, 0.15) is 19.1 Å². The van der Waals surface area contributed by atoms with E-state index in [-0.39, 0.29) is 37.6 Å². The second kappa shape index (κ2) is 9.20. The molecule has 196 valence electrons. The van der Waals surface area contributed by atoms with Crippen LogP contribution in [0.3, 0.4) is 0 Å². The number of fused-ring (bicyclic) bond motifs is 5. The van der Waals surface area contributed by atoms with Crippen LogP contribution in [0.1, 0.15) is 28.4 Å². The van der Waals surface area contributed by atoms with E-state index in [0.717, 1.165) is 33.3 Å². The van der Waals surface area contributed by atoms with Gasteiger partial charge >= 0.3 is 0 Å². The van der Waals surface area contributed by atoms with E-state index < -0.39 is 12.1 Å². The van der Waals surface area contributed by atoms with Crippen molar-refractivity contribution in [1.82, 2.24) is 20.1 Å². The molecular weight excluding hydrogens is 496 g/mol. The topological polar surface area (TPSA) is 104 Å². The van der Waals surface area contributed by atoms with Crippen LogP contribution >= 0.6 is 0 Å². The van der Waals surface area contributed by atoms with Gasteiger partial charge in [-0.1, -0.05) is 54.6 Å². The highest BCUT2D eigenvalue weighted by Gasteiger charge is 2.48. The first-order valence-electron chi connectivity index (χ1n) is 13.0. The Kier molecular flexibility index (Phi) is 5.50. The minimum absolute atomic E-state index is 0.145. The molecule has 0 spiro atoms. The number of aromatic amines is 1. The Morgan fingerprint density at radius 3 is 2.64 bits per heavy atom. The van der Waals surface area contributed by atoms with Crippen LogP contribution in [0.25, 0.3) is 10.9 Å². The van der Waals surface area contributed by atoms with E-state index in [1.165, 1.54) is 4.90 Å². The maximum absolute atomic E-state index is 13.8. The van der Waals surface area contributed by atoms with Crippen LogP contribution in [0.4, 0.5) is 0 Å². The molecule has 0 saturated carbocycles. The molecule has 4 aromatic rings. The number of H-pyrrole nitrogens is 1. The van der Waals surface area contributed by atoms with Gasteiger partial charge in [-0.05, 0) is 34.9 Å². The van der Waals surface area contributed by atoms with Gasteiger partial charge in [0.25, 0.3) is 0 Å². The lowest BCUT2D eigenvalue weighted by molar-refractivity contribution is -0.159. The fraction of sp³-hybridized carbons (Fsp3) is 0.233. The van der Waals surface area contributed by atoms with Crippen molar-refractivity contribution >= 4 is 28.6 Å². The monoisotopic (exact) mass is 522 g/mol. The van der Waals surface area contributed by atoms with E-state index in [1.807, 2.05) is 72.8 Å². The number of nitrogens with one attached hydrogen (secondary N) is 2. The third-order valence-electron chi connectivity index (χ3n) is 7.72. The molecule has 39 heavy (non-hydrogen) atoms. The van der Waals surface area contributed by atoms with Crippen LogP contribution in [0.15, 0.2) is 72.8 Å². The van der Waals surface area contributed by atoms with E-state index in [1.54, 1.807) is 4.90 Å². The summed E-state index contributed by atoms with van der Waals surface area (Å²) in [5.74, 6) is 0.523. The zero-order chi connectivity index (χ0) is 26.5. The lowest BCUT2D eigenvalue weighted by Crippen LogP contribution is -2.64. The summed E-state index contributed by atoms with van der Waals surface area (Å²) < 4.78 is 11.1. The molecule has 2 N–H and O–H groups in total. The Labute approximate surface area is 224 Å². The Hall–Kier alpha value is -4.79. The molecule has 4 heterocycles. The highest BCUT2D eigenvalue weighted by atomic mass is 16.7. The van der Waals surface area contributed by atoms with Gasteiger partial charge in [-0.25, -0.2) is 0 Å². The number of carbonyl (C=O) groups excluding carboxylic acids is 3. The van der Waals surface area contributed by atoms with Crippen molar-refractivity contribution in [3.63, 3.8) is 0 Å². The van der Waals surface area contributed by atoms with Crippen molar-refractivity contribution < 1.29 is 23.9 Å². The van der Waals surface area contributed by atoms with Crippen LogP contribution in [0, 0.1) is 0 Å². The summed E-state index contributed by atoms with van der Waals surface area (Å²) in [6.45, 7) is 0.171. The highest BCUT2D eigenvalue weighted by Crippen LogP contribution is 2.44. The number of hydrogen-bond acceptors (Lipinski definition) is 5. The number of nitrogens with zero attached hydrogens (tertiary/aromatic N) is 2. The molecule has 0 radical (unpaired) electrons. The molecule has 3 aromatic carbocycles. The molecule has 7 rings (SSSR count). The minimum atomic E-state index is -0.727. The molecule has 2 atom stereocenters. The Balaban J connectivity index is 1.21. The first-order chi connectivity index (χ1) is 19.1. The number of hydrogen-bond donors (Lipinski definition) is 2. The van der Waals surface area contributed by atoms with Crippen molar-refractivity contribution in [1.29, 1.82) is 0 Å². The van der Waals surface area contributed by atoms with E-state index in [0.29, 0.717) is 24.5 Å². The number of carbonyl (C=O) groups is 3. The van der Waals surface area contributed by atoms with E-state index in [4.69, 9.17) is 9.47 Å².